The second-order valence-corrected chi connectivity index (χ2v) is 4.20. The zero-order valence-corrected chi connectivity index (χ0v) is 10.7. The Hall–Kier alpha value is -1.68. The molecule has 0 N–H and O–H groups in total. The molecule has 0 aliphatic carbocycles. The molecule has 1 aromatic rings. The van der Waals surface area contributed by atoms with Crippen molar-refractivity contribution in [2.75, 3.05) is 13.6 Å². The van der Waals surface area contributed by atoms with E-state index in [9.17, 15) is 4.79 Å². The van der Waals surface area contributed by atoms with Crippen LogP contribution in [0.15, 0.2) is 36.0 Å². The van der Waals surface area contributed by atoms with Crippen molar-refractivity contribution in [3.63, 3.8) is 0 Å². The molecule has 1 saturated heterocycles. The molecule has 0 spiro atoms. The van der Waals surface area contributed by atoms with E-state index in [1.165, 1.54) is 0 Å². The monoisotopic (exact) mass is 246 g/mol. The first-order chi connectivity index (χ1) is 8.15. The number of carbonyl (C=O) groups is 1. The molecule has 1 aliphatic heterocycles. The lowest BCUT2D eigenvalue weighted by molar-refractivity contribution is -0.122. The zero-order valence-electron chi connectivity index (χ0n) is 9.88. The molecule has 0 atom stereocenters. The third-order valence-corrected chi connectivity index (χ3v) is 3.26. The van der Waals surface area contributed by atoms with Crippen LogP contribution in [-0.4, -0.2) is 34.4 Å². The first-order valence-electron chi connectivity index (χ1n) is 5.51. The maximum absolute atomic E-state index is 12.1. The van der Waals surface area contributed by atoms with Gasteiger partial charge in [-0.05, 0) is 30.8 Å². The van der Waals surface area contributed by atoms with E-state index in [0.29, 0.717) is 17.4 Å². The number of thiocarbonyl (C=S) groups is 1. The SMILES string of the molecule is CCN1C(=O)/C(=C/c2ccccc2)N(C)C1=S. The summed E-state index contributed by atoms with van der Waals surface area (Å²) in [4.78, 5) is 15.4. The summed E-state index contributed by atoms with van der Waals surface area (Å²) in [7, 11) is 1.82. The Kier molecular flexibility index (Phi) is 3.24. The fourth-order valence-electron chi connectivity index (χ4n) is 1.80. The number of carbonyl (C=O) groups excluding carboxylic acids is 1. The predicted octanol–water partition coefficient (Wildman–Crippen LogP) is 2.11. The van der Waals surface area contributed by atoms with Gasteiger partial charge in [-0.3, -0.25) is 9.69 Å². The molecular weight excluding hydrogens is 232 g/mol. The summed E-state index contributed by atoms with van der Waals surface area (Å²) in [6.07, 6.45) is 1.87. The van der Waals surface area contributed by atoms with Crippen molar-refractivity contribution in [2.24, 2.45) is 0 Å². The molecular formula is C13H14N2OS. The van der Waals surface area contributed by atoms with Gasteiger partial charge in [0.25, 0.3) is 5.91 Å². The first-order valence-corrected chi connectivity index (χ1v) is 5.92. The van der Waals surface area contributed by atoms with Crippen molar-refractivity contribution in [1.29, 1.82) is 0 Å². The maximum atomic E-state index is 12.1. The van der Waals surface area contributed by atoms with Crippen molar-refractivity contribution in [1.82, 2.24) is 9.80 Å². The summed E-state index contributed by atoms with van der Waals surface area (Å²) in [5, 5.41) is 0.569. The van der Waals surface area contributed by atoms with Gasteiger partial charge < -0.3 is 4.90 Å². The molecule has 2 rings (SSSR count). The van der Waals surface area contributed by atoms with E-state index in [4.69, 9.17) is 12.2 Å². The number of amides is 1. The molecule has 1 fully saturated rings. The number of likely N-dealkylation sites (N-methyl/N-ethyl adjacent to an activating group) is 2. The summed E-state index contributed by atoms with van der Waals surface area (Å²) in [5.74, 6) is -0.0242. The van der Waals surface area contributed by atoms with Gasteiger partial charge in [0.05, 0.1) is 0 Å². The molecule has 0 unspecified atom stereocenters. The average Bonchev–Trinajstić information content (AvgIpc) is 2.55. The third kappa shape index (κ3) is 2.08. The topological polar surface area (TPSA) is 23.6 Å². The van der Waals surface area contributed by atoms with Crippen LogP contribution in [0.4, 0.5) is 0 Å². The Bertz CT molecular complexity index is 481. The van der Waals surface area contributed by atoms with Crippen LogP contribution in [0.25, 0.3) is 6.08 Å². The minimum Gasteiger partial charge on any atom is -0.317 e. The Morgan fingerprint density at radius 3 is 2.47 bits per heavy atom. The lowest BCUT2D eigenvalue weighted by atomic mass is 10.2. The van der Waals surface area contributed by atoms with E-state index >= 15 is 0 Å². The van der Waals surface area contributed by atoms with Gasteiger partial charge in [-0.25, -0.2) is 0 Å². The smallest absolute Gasteiger partial charge is 0.276 e. The molecule has 0 aromatic heterocycles. The quantitative estimate of drug-likeness (QED) is 0.590. The van der Waals surface area contributed by atoms with Crippen molar-refractivity contribution in [2.45, 2.75) is 6.92 Å². The van der Waals surface area contributed by atoms with Gasteiger partial charge in [0.1, 0.15) is 5.70 Å². The minimum absolute atomic E-state index is 0.0242. The van der Waals surface area contributed by atoms with Crippen LogP contribution in [0.1, 0.15) is 12.5 Å². The van der Waals surface area contributed by atoms with E-state index in [1.807, 2.05) is 50.4 Å². The van der Waals surface area contributed by atoms with Crippen LogP contribution >= 0.6 is 12.2 Å². The van der Waals surface area contributed by atoms with Crippen LogP contribution in [-0.2, 0) is 4.79 Å². The molecule has 17 heavy (non-hydrogen) atoms. The molecule has 88 valence electrons. The molecule has 1 aliphatic rings. The van der Waals surface area contributed by atoms with Gasteiger partial charge in [-0.15, -0.1) is 0 Å². The van der Waals surface area contributed by atoms with Crippen molar-refractivity contribution in [3.8, 4) is 0 Å². The minimum atomic E-state index is -0.0242. The average molecular weight is 246 g/mol. The molecule has 1 aromatic carbocycles. The molecule has 0 radical (unpaired) electrons. The normalized spacial score (nSPS) is 18.4. The van der Waals surface area contributed by atoms with Crippen LogP contribution < -0.4 is 0 Å². The van der Waals surface area contributed by atoms with Crippen molar-refractivity contribution < 1.29 is 4.79 Å². The van der Waals surface area contributed by atoms with Crippen molar-refractivity contribution >= 4 is 29.3 Å². The van der Waals surface area contributed by atoms with E-state index in [-0.39, 0.29) is 5.91 Å². The Balaban J connectivity index is 2.37. The lowest BCUT2D eigenvalue weighted by Crippen LogP contribution is -2.30. The van der Waals surface area contributed by atoms with Gasteiger partial charge in [0.15, 0.2) is 5.11 Å². The molecule has 0 saturated carbocycles. The van der Waals surface area contributed by atoms with Gasteiger partial charge in [0.2, 0.25) is 0 Å². The molecule has 4 heteroatoms. The highest BCUT2D eigenvalue weighted by Crippen LogP contribution is 2.21. The summed E-state index contributed by atoms with van der Waals surface area (Å²) < 4.78 is 0. The number of hydrogen-bond donors (Lipinski definition) is 0. The van der Waals surface area contributed by atoms with Crippen LogP contribution in [0.5, 0.6) is 0 Å². The summed E-state index contributed by atoms with van der Waals surface area (Å²) in [6.45, 7) is 2.53. The van der Waals surface area contributed by atoms with Crippen LogP contribution in [0.3, 0.4) is 0 Å². The molecule has 0 bridgehead atoms. The molecule has 3 nitrogen and oxygen atoms in total. The second kappa shape index (κ2) is 4.67. The summed E-state index contributed by atoms with van der Waals surface area (Å²) in [6, 6.07) is 9.77. The lowest BCUT2D eigenvalue weighted by Gasteiger charge is -2.13. The molecule has 1 heterocycles. The predicted molar refractivity (Wildman–Crippen MR) is 72.2 cm³/mol. The first kappa shape index (κ1) is 11.8. The highest BCUT2D eigenvalue weighted by molar-refractivity contribution is 7.80. The third-order valence-electron chi connectivity index (χ3n) is 2.76. The van der Waals surface area contributed by atoms with Crippen LogP contribution in [0, 0.1) is 0 Å². The van der Waals surface area contributed by atoms with E-state index in [2.05, 4.69) is 0 Å². The molecule has 1 amide bonds. The van der Waals surface area contributed by atoms with Gasteiger partial charge in [-0.1, -0.05) is 30.3 Å². The van der Waals surface area contributed by atoms with E-state index < -0.39 is 0 Å². The Labute approximate surface area is 106 Å². The summed E-state index contributed by atoms with van der Waals surface area (Å²) >= 11 is 5.22. The fourth-order valence-corrected chi connectivity index (χ4v) is 2.11. The van der Waals surface area contributed by atoms with Crippen LogP contribution in [0.2, 0.25) is 0 Å². The fraction of sp³-hybridized carbons (Fsp3) is 0.231. The number of rotatable bonds is 2. The summed E-state index contributed by atoms with van der Waals surface area (Å²) in [5.41, 5.74) is 1.63. The maximum Gasteiger partial charge on any atom is 0.276 e. The standard InChI is InChI=1S/C13H14N2OS/c1-3-15-12(16)11(14(2)13(15)17)9-10-7-5-4-6-8-10/h4-9H,3H2,1-2H3/b11-9-. The van der Waals surface area contributed by atoms with Gasteiger partial charge in [0, 0.05) is 13.6 Å². The van der Waals surface area contributed by atoms with E-state index in [1.54, 1.807) is 9.80 Å². The Morgan fingerprint density at radius 1 is 1.29 bits per heavy atom. The number of hydrogen-bond acceptors (Lipinski definition) is 2. The highest BCUT2D eigenvalue weighted by Gasteiger charge is 2.34. The number of benzene rings is 1. The number of nitrogens with zero attached hydrogens (tertiary/aromatic N) is 2. The van der Waals surface area contributed by atoms with Gasteiger partial charge >= 0.3 is 0 Å². The second-order valence-electron chi connectivity index (χ2n) is 3.83. The Morgan fingerprint density at radius 2 is 1.94 bits per heavy atom. The van der Waals surface area contributed by atoms with Gasteiger partial charge in [-0.2, -0.15) is 0 Å². The highest BCUT2D eigenvalue weighted by atomic mass is 32.1. The van der Waals surface area contributed by atoms with E-state index in [0.717, 1.165) is 5.56 Å². The van der Waals surface area contributed by atoms with Crippen molar-refractivity contribution in [3.05, 3.63) is 41.6 Å². The zero-order chi connectivity index (χ0) is 12.4. The largest absolute Gasteiger partial charge is 0.317 e.